The second-order valence-corrected chi connectivity index (χ2v) is 5.24. The number of anilines is 1. The first-order valence-electron chi connectivity index (χ1n) is 7.22. The molecule has 2 rings (SSSR count). The molecule has 0 bridgehead atoms. The number of hydrogen-bond acceptors (Lipinski definition) is 4. The number of nitro groups is 1. The summed E-state index contributed by atoms with van der Waals surface area (Å²) in [6.45, 7) is 3.12. The fourth-order valence-corrected chi connectivity index (χ4v) is 2.12. The van der Waals surface area contributed by atoms with E-state index in [4.69, 9.17) is 0 Å². The maximum absolute atomic E-state index is 12.4. The molecule has 0 aliphatic heterocycles. The Hall–Kier alpha value is -3.28. The number of Topliss-reactive ketones (excluding diaryl/α,β-unsaturated/α-hetero) is 1. The average Bonchev–Trinajstić information content (AvgIpc) is 2.54. The van der Waals surface area contributed by atoms with Crippen molar-refractivity contribution in [3.8, 4) is 0 Å². The normalized spacial score (nSPS) is 11.0. The molecular weight excluding hydrogens is 308 g/mol. The topological polar surface area (TPSA) is 89.3 Å². The summed E-state index contributed by atoms with van der Waals surface area (Å²) in [5, 5.41) is 13.5. The van der Waals surface area contributed by atoms with Crippen LogP contribution in [0.4, 0.5) is 11.4 Å². The Morgan fingerprint density at radius 1 is 1.12 bits per heavy atom. The molecule has 0 heterocycles. The third kappa shape index (κ3) is 4.13. The number of nitro benzene ring substituents is 1. The molecule has 24 heavy (non-hydrogen) atoms. The Bertz CT molecular complexity index is 840. The van der Waals surface area contributed by atoms with Crippen LogP contribution in [0.2, 0.25) is 0 Å². The first kappa shape index (κ1) is 17.1. The number of aryl methyl sites for hydroxylation is 1. The molecule has 6 nitrogen and oxygen atoms in total. The van der Waals surface area contributed by atoms with Crippen molar-refractivity contribution in [2.24, 2.45) is 0 Å². The van der Waals surface area contributed by atoms with Crippen LogP contribution < -0.4 is 5.32 Å². The second-order valence-electron chi connectivity index (χ2n) is 5.24. The molecule has 0 saturated heterocycles. The fraction of sp³-hybridized carbons (Fsp3) is 0.111. The monoisotopic (exact) mass is 324 g/mol. The minimum atomic E-state index is -0.552. The van der Waals surface area contributed by atoms with Gasteiger partial charge in [0.05, 0.1) is 10.5 Å². The summed E-state index contributed by atoms with van der Waals surface area (Å²) in [5.41, 5.74) is 1.71. The number of carbonyl (C=O) groups excluding carboxylic acids is 2. The summed E-state index contributed by atoms with van der Waals surface area (Å²) in [6, 6.07) is 12.9. The van der Waals surface area contributed by atoms with E-state index in [1.165, 1.54) is 31.2 Å². The van der Waals surface area contributed by atoms with E-state index >= 15 is 0 Å². The van der Waals surface area contributed by atoms with Crippen LogP contribution >= 0.6 is 0 Å². The van der Waals surface area contributed by atoms with Gasteiger partial charge in [0.1, 0.15) is 0 Å². The van der Waals surface area contributed by atoms with Gasteiger partial charge >= 0.3 is 0 Å². The first-order valence-corrected chi connectivity index (χ1v) is 7.22. The van der Waals surface area contributed by atoms with Crippen molar-refractivity contribution in [1.29, 1.82) is 0 Å². The van der Waals surface area contributed by atoms with Crippen molar-refractivity contribution in [3.05, 3.63) is 75.3 Å². The summed E-state index contributed by atoms with van der Waals surface area (Å²) >= 11 is 0. The zero-order chi connectivity index (χ0) is 17.7. The van der Waals surface area contributed by atoms with Gasteiger partial charge in [-0.05, 0) is 37.1 Å². The first-order chi connectivity index (χ1) is 11.4. The van der Waals surface area contributed by atoms with Crippen LogP contribution in [0.1, 0.15) is 18.1 Å². The summed E-state index contributed by atoms with van der Waals surface area (Å²) in [7, 11) is 0. The number of carbonyl (C=O) groups is 2. The number of nitrogens with zero attached hydrogens (tertiary/aromatic N) is 1. The highest BCUT2D eigenvalue weighted by molar-refractivity contribution is 6.25. The van der Waals surface area contributed by atoms with Crippen LogP contribution in [0.15, 0.2) is 54.1 Å². The van der Waals surface area contributed by atoms with Crippen molar-refractivity contribution in [3.63, 3.8) is 0 Å². The molecule has 0 radical (unpaired) electrons. The molecule has 2 aromatic carbocycles. The van der Waals surface area contributed by atoms with Gasteiger partial charge in [-0.3, -0.25) is 19.7 Å². The number of amides is 1. The number of benzene rings is 2. The lowest BCUT2D eigenvalue weighted by atomic mass is 10.1. The molecule has 0 saturated carbocycles. The maximum atomic E-state index is 12.4. The maximum Gasteiger partial charge on any atom is 0.270 e. The highest BCUT2D eigenvalue weighted by atomic mass is 16.6. The molecule has 122 valence electrons. The molecule has 0 spiro atoms. The van der Waals surface area contributed by atoms with E-state index < -0.39 is 16.6 Å². The molecule has 0 aromatic heterocycles. The van der Waals surface area contributed by atoms with Crippen molar-refractivity contribution >= 4 is 29.1 Å². The number of para-hydroxylation sites is 1. The smallest absolute Gasteiger partial charge is 0.270 e. The zero-order valence-corrected chi connectivity index (χ0v) is 13.3. The van der Waals surface area contributed by atoms with Gasteiger partial charge in [0.2, 0.25) is 0 Å². The molecule has 6 heteroatoms. The Morgan fingerprint density at radius 3 is 2.46 bits per heavy atom. The molecule has 0 unspecified atom stereocenters. The van der Waals surface area contributed by atoms with Gasteiger partial charge < -0.3 is 5.32 Å². The van der Waals surface area contributed by atoms with Gasteiger partial charge in [0.25, 0.3) is 11.6 Å². The lowest BCUT2D eigenvalue weighted by molar-refractivity contribution is -0.384. The van der Waals surface area contributed by atoms with Crippen LogP contribution in [0.5, 0.6) is 0 Å². The summed E-state index contributed by atoms with van der Waals surface area (Å²) < 4.78 is 0. The van der Waals surface area contributed by atoms with Crippen molar-refractivity contribution in [1.82, 2.24) is 0 Å². The van der Waals surface area contributed by atoms with Gasteiger partial charge in [-0.15, -0.1) is 0 Å². The third-order valence-electron chi connectivity index (χ3n) is 3.41. The van der Waals surface area contributed by atoms with Gasteiger partial charge in [-0.25, -0.2) is 0 Å². The van der Waals surface area contributed by atoms with Crippen LogP contribution in [-0.2, 0) is 9.59 Å². The number of non-ortho nitro benzene ring substituents is 1. The van der Waals surface area contributed by atoms with E-state index in [0.717, 1.165) is 5.56 Å². The van der Waals surface area contributed by atoms with E-state index in [1.54, 1.807) is 18.2 Å². The lowest BCUT2D eigenvalue weighted by Crippen LogP contribution is -2.19. The molecule has 0 aliphatic carbocycles. The SMILES string of the molecule is CC(=O)/C(=C\c1cccc([N+](=O)[O-])c1)C(=O)Nc1ccccc1C. The standard InChI is InChI=1S/C18H16N2O4/c1-12-6-3-4-9-17(12)19-18(22)16(13(2)21)11-14-7-5-8-15(10-14)20(23)24/h3-11H,1-2H3,(H,19,22)/b16-11+. The number of hydrogen-bond donors (Lipinski definition) is 1. The van der Waals surface area contributed by atoms with Gasteiger partial charge in [0.15, 0.2) is 5.78 Å². The molecule has 0 aliphatic rings. The number of rotatable bonds is 5. The molecule has 1 N–H and O–H groups in total. The fourth-order valence-electron chi connectivity index (χ4n) is 2.12. The molecule has 2 aromatic rings. The minimum absolute atomic E-state index is 0.0706. The summed E-state index contributed by atoms with van der Waals surface area (Å²) in [4.78, 5) is 34.5. The average molecular weight is 324 g/mol. The van der Waals surface area contributed by atoms with Crippen molar-refractivity contribution in [2.75, 3.05) is 5.32 Å². The van der Waals surface area contributed by atoms with Gasteiger partial charge in [-0.1, -0.05) is 30.3 Å². The molecule has 0 fully saturated rings. The highest BCUT2D eigenvalue weighted by Crippen LogP contribution is 2.18. The minimum Gasteiger partial charge on any atom is -0.322 e. The van der Waals surface area contributed by atoms with Crippen molar-refractivity contribution < 1.29 is 14.5 Å². The number of nitrogens with one attached hydrogen (secondary N) is 1. The Kier molecular flexibility index (Phi) is 5.21. The van der Waals surface area contributed by atoms with E-state index in [9.17, 15) is 19.7 Å². The molecular formula is C18H16N2O4. The van der Waals surface area contributed by atoms with Gasteiger partial charge in [-0.2, -0.15) is 0 Å². The Balaban J connectivity index is 2.33. The number of ketones is 1. The van der Waals surface area contributed by atoms with Crippen LogP contribution in [-0.4, -0.2) is 16.6 Å². The summed E-state index contributed by atoms with van der Waals surface area (Å²) in [6.07, 6.45) is 1.35. The predicted octanol–water partition coefficient (Wildman–Crippen LogP) is 3.51. The van der Waals surface area contributed by atoms with E-state index in [0.29, 0.717) is 11.3 Å². The molecule has 1 amide bonds. The van der Waals surface area contributed by atoms with Crippen LogP contribution in [0.25, 0.3) is 6.08 Å². The van der Waals surface area contributed by atoms with Gasteiger partial charge in [0, 0.05) is 17.8 Å². The second kappa shape index (κ2) is 7.32. The van der Waals surface area contributed by atoms with Crippen molar-refractivity contribution in [2.45, 2.75) is 13.8 Å². The quantitative estimate of drug-likeness (QED) is 0.300. The van der Waals surface area contributed by atoms with E-state index in [2.05, 4.69) is 5.32 Å². The zero-order valence-electron chi connectivity index (χ0n) is 13.3. The lowest BCUT2D eigenvalue weighted by Gasteiger charge is -2.09. The Morgan fingerprint density at radius 2 is 1.83 bits per heavy atom. The van der Waals surface area contributed by atoms with E-state index in [-0.39, 0.29) is 11.3 Å². The van der Waals surface area contributed by atoms with Crippen LogP contribution in [0, 0.1) is 17.0 Å². The predicted molar refractivity (Wildman–Crippen MR) is 91.6 cm³/mol. The van der Waals surface area contributed by atoms with Crippen LogP contribution in [0.3, 0.4) is 0 Å². The highest BCUT2D eigenvalue weighted by Gasteiger charge is 2.16. The third-order valence-corrected chi connectivity index (χ3v) is 3.41. The summed E-state index contributed by atoms with van der Waals surface area (Å²) in [5.74, 6) is -0.976. The largest absolute Gasteiger partial charge is 0.322 e. The molecule has 0 atom stereocenters. The Labute approximate surface area is 139 Å². The van der Waals surface area contributed by atoms with E-state index in [1.807, 2.05) is 19.1 Å².